The van der Waals surface area contributed by atoms with Gasteiger partial charge < -0.3 is 14.6 Å². The van der Waals surface area contributed by atoms with Gasteiger partial charge in [0.15, 0.2) is 8.32 Å². The molecule has 0 aromatic carbocycles. The molecule has 3 aliphatic rings. The van der Waals surface area contributed by atoms with Crippen molar-refractivity contribution in [1.82, 2.24) is 0 Å². The zero-order valence-electron chi connectivity index (χ0n) is 23.6. The molecular formula is C31H52O3Si. The summed E-state index contributed by atoms with van der Waals surface area (Å²) in [6.45, 7) is 20.6. The molecule has 0 radical (unpaired) electrons. The quantitative estimate of drug-likeness (QED) is 0.251. The second-order valence-corrected chi connectivity index (χ2v) is 17.8. The molecule has 2 saturated carbocycles. The number of rotatable bonds is 9. The van der Waals surface area contributed by atoms with Crippen LogP contribution < -0.4 is 0 Å². The normalized spacial score (nSPS) is 33.2. The lowest BCUT2D eigenvalue weighted by Gasteiger charge is -2.43. The molecule has 0 amide bonds. The first kappa shape index (κ1) is 28.6. The van der Waals surface area contributed by atoms with Gasteiger partial charge >= 0.3 is 0 Å². The van der Waals surface area contributed by atoms with E-state index < -0.39 is 8.32 Å². The van der Waals surface area contributed by atoms with Gasteiger partial charge in [-0.3, -0.25) is 0 Å². The Bertz CT molecular complexity index is 859. The largest absolute Gasteiger partial charge is 0.413 e. The van der Waals surface area contributed by atoms with Crippen molar-refractivity contribution in [3.63, 3.8) is 0 Å². The van der Waals surface area contributed by atoms with E-state index in [-0.39, 0.29) is 29.6 Å². The molecule has 0 unspecified atom stereocenters. The van der Waals surface area contributed by atoms with E-state index in [0.717, 1.165) is 24.0 Å². The Hall–Kier alpha value is -0.943. The van der Waals surface area contributed by atoms with E-state index in [0.29, 0.717) is 24.7 Å². The summed E-state index contributed by atoms with van der Waals surface area (Å²) in [6.07, 6.45) is 16.4. The Balaban J connectivity index is 1.66. The maximum absolute atomic E-state index is 10.3. The molecule has 3 rings (SSSR count). The Morgan fingerprint density at radius 1 is 1.29 bits per heavy atom. The third kappa shape index (κ3) is 7.09. The number of hydrogen-bond donors (Lipinski definition) is 2. The molecule has 5 atom stereocenters. The summed E-state index contributed by atoms with van der Waals surface area (Å²) in [5.41, 5.74) is 5.60. The highest BCUT2D eigenvalue weighted by molar-refractivity contribution is 6.69. The van der Waals surface area contributed by atoms with Gasteiger partial charge in [-0.25, -0.2) is 0 Å². The van der Waals surface area contributed by atoms with Gasteiger partial charge in [0.25, 0.3) is 0 Å². The monoisotopic (exact) mass is 500 g/mol. The van der Waals surface area contributed by atoms with E-state index >= 15 is 0 Å². The van der Waals surface area contributed by atoms with Gasteiger partial charge in [-0.1, -0.05) is 56.2 Å². The topological polar surface area (TPSA) is 49.7 Å². The number of aliphatic hydroxyl groups is 2. The van der Waals surface area contributed by atoms with E-state index in [9.17, 15) is 10.2 Å². The molecular weight excluding hydrogens is 448 g/mol. The molecule has 0 heterocycles. The molecule has 35 heavy (non-hydrogen) atoms. The minimum absolute atomic E-state index is 0.0123. The predicted molar refractivity (Wildman–Crippen MR) is 151 cm³/mol. The first-order valence-electron chi connectivity index (χ1n) is 14.0. The van der Waals surface area contributed by atoms with Crippen LogP contribution in [-0.4, -0.2) is 36.8 Å². The lowest BCUT2D eigenvalue weighted by molar-refractivity contribution is 0.0868. The maximum atomic E-state index is 10.3. The Labute approximate surface area is 216 Å². The molecule has 0 aromatic rings. The first-order chi connectivity index (χ1) is 16.3. The van der Waals surface area contributed by atoms with Gasteiger partial charge in [-0.05, 0) is 113 Å². The van der Waals surface area contributed by atoms with Crippen LogP contribution in [0.25, 0.3) is 0 Å². The van der Waals surface area contributed by atoms with E-state index in [1.807, 2.05) is 0 Å². The van der Waals surface area contributed by atoms with Crippen LogP contribution in [0.3, 0.4) is 0 Å². The van der Waals surface area contributed by atoms with E-state index in [4.69, 9.17) is 4.43 Å². The maximum Gasteiger partial charge on any atom is 0.184 e. The fourth-order valence-electron chi connectivity index (χ4n) is 7.25. The molecule has 3 nitrogen and oxygen atoms in total. The molecule has 3 aliphatic carbocycles. The van der Waals surface area contributed by atoms with Crippen LogP contribution in [0.5, 0.6) is 0 Å². The van der Waals surface area contributed by atoms with Crippen molar-refractivity contribution < 1.29 is 14.6 Å². The lowest BCUT2D eigenvalue weighted by atomic mass is 9.62. The van der Waals surface area contributed by atoms with Crippen LogP contribution in [0.15, 0.2) is 47.1 Å². The molecule has 0 saturated heterocycles. The van der Waals surface area contributed by atoms with Crippen molar-refractivity contribution in [2.24, 2.45) is 23.2 Å². The van der Waals surface area contributed by atoms with Crippen molar-refractivity contribution in [3.8, 4) is 0 Å². The Morgan fingerprint density at radius 3 is 2.66 bits per heavy atom. The zero-order chi connectivity index (χ0) is 26.0. The Kier molecular flexibility index (Phi) is 9.17. The molecule has 0 aromatic heterocycles. The average Bonchev–Trinajstić information content (AvgIpc) is 3.09. The number of fused-ring (bicyclic) bond motifs is 1. The third-order valence-corrected chi connectivity index (χ3v) is 9.94. The summed E-state index contributed by atoms with van der Waals surface area (Å²) in [6, 6.07) is 0. The van der Waals surface area contributed by atoms with Crippen molar-refractivity contribution in [2.75, 3.05) is 6.61 Å². The van der Waals surface area contributed by atoms with Gasteiger partial charge in [-0.15, -0.1) is 0 Å². The minimum Gasteiger partial charge on any atom is -0.413 e. The van der Waals surface area contributed by atoms with Gasteiger partial charge in [0.05, 0.1) is 18.3 Å². The molecule has 2 fully saturated rings. The highest BCUT2D eigenvalue weighted by Gasteiger charge is 2.46. The average molecular weight is 501 g/mol. The highest BCUT2D eigenvalue weighted by atomic mass is 28.4. The number of hydrogen-bond acceptors (Lipinski definition) is 3. The van der Waals surface area contributed by atoms with Gasteiger partial charge in [0, 0.05) is 5.92 Å². The highest BCUT2D eigenvalue weighted by Crippen LogP contribution is 2.57. The van der Waals surface area contributed by atoms with Crippen LogP contribution in [-0.2, 0) is 4.43 Å². The molecule has 4 heteroatoms. The summed E-state index contributed by atoms with van der Waals surface area (Å²) in [4.78, 5) is 0. The number of allylic oxidation sites excluding steroid dienone is 5. The second kappa shape index (κ2) is 11.2. The second-order valence-electron chi connectivity index (χ2n) is 13.4. The fraction of sp³-hybridized carbons (Fsp3) is 0.742. The van der Waals surface area contributed by atoms with Crippen LogP contribution in [0.2, 0.25) is 19.6 Å². The SMILES string of the molecule is C=C1/C(=C\C=C2/CCC[C@]3(C)C([C@H](C)CCCC(C)(C)O[Si](C)(C)C)=CC[C@@H]23)C[C@@H](O)C[C@@H]1CO. The van der Waals surface area contributed by atoms with Crippen LogP contribution in [0.1, 0.15) is 85.5 Å². The number of aliphatic hydroxyl groups excluding tert-OH is 2. The van der Waals surface area contributed by atoms with Crippen LogP contribution in [0.4, 0.5) is 0 Å². The Morgan fingerprint density at radius 2 is 2.00 bits per heavy atom. The van der Waals surface area contributed by atoms with Crippen molar-refractivity contribution in [3.05, 3.63) is 47.1 Å². The lowest BCUT2D eigenvalue weighted by Crippen LogP contribution is -2.38. The minimum atomic E-state index is -1.53. The molecule has 198 valence electrons. The van der Waals surface area contributed by atoms with Crippen molar-refractivity contribution >= 4 is 8.32 Å². The summed E-state index contributed by atoms with van der Waals surface area (Å²) < 4.78 is 6.43. The molecule has 0 bridgehead atoms. The molecule has 0 aliphatic heterocycles. The van der Waals surface area contributed by atoms with Crippen LogP contribution in [0, 0.1) is 23.2 Å². The van der Waals surface area contributed by atoms with Crippen molar-refractivity contribution in [2.45, 2.75) is 117 Å². The molecule has 0 spiro atoms. The fourth-order valence-corrected chi connectivity index (χ4v) is 9.01. The summed E-state index contributed by atoms with van der Waals surface area (Å²) >= 11 is 0. The molecule has 2 N–H and O–H groups in total. The van der Waals surface area contributed by atoms with Gasteiger partial charge in [-0.2, -0.15) is 0 Å². The van der Waals surface area contributed by atoms with Gasteiger partial charge in [0.1, 0.15) is 0 Å². The predicted octanol–water partition coefficient (Wildman–Crippen LogP) is 7.73. The smallest absolute Gasteiger partial charge is 0.184 e. The zero-order valence-corrected chi connectivity index (χ0v) is 24.6. The standard InChI is InChI=1S/C31H52O3Si/c1-22(11-9-17-30(3,4)34-35(6,7)8)28-15-16-29-24(12-10-18-31(28,29)5)13-14-25-19-27(33)20-26(21-32)23(25)2/h13-15,22,26-27,29,32-33H,2,9-12,16-21H2,1,3-8H3/b24-13+,25-14-/t22-,26-,27-,29+,31-/m1/s1. The van der Waals surface area contributed by atoms with Crippen molar-refractivity contribution in [1.29, 1.82) is 0 Å². The summed E-state index contributed by atoms with van der Waals surface area (Å²) in [5.74, 6) is 1.19. The van der Waals surface area contributed by atoms with Gasteiger partial charge in [0.2, 0.25) is 0 Å². The third-order valence-electron chi connectivity index (χ3n) is 8.78. The van der Waals surface area contributed by atoms with Crippen LogP contribution >= 0.6 is 0 Å². The van der Waals surface area contributed by atoms with E-state index in [1.165, 1.54) is 32.1 Å². The summed E-state index contributed by atoms with van der Waals surface area (Å²) in [5, 5.41) is 20.0. The summed E-state index contributed by atoms with van der Waals surface area (Å²) in [7, 11) is -1.53. The van der Waals surface area contributed by atoms with E-state index in [2.05, 4.69) is 72.1 Å². The van der Waals surface area contributed by atoms with E-state index in [1.54, 1.807) is 11.1 Å². The first-order valence-corrected chi connectivity index (χ1v) is 17.4.